The van der Waals surface area contributed by atoms with Gasteiger partial charge in [0.2, 0.25) is 10.0 Å². The van der Waals surface area contributed by atoms with Crippen molar-refractivity contribution in [2.45, 2.75) is 30.7 Å². The lowest BCUT2D eigenvalue weighted by molar-refractivity contribution is 0.525. The second-order valence-electron chi connectivity index (χ2n) is 6.44. The number of benzene rings is 2. The van der Waals surface area contributed by atoms with Gasteiger partial charge < -0.3 is 0 Å². The Balaban J connectivity index is 1.61. The van der Waals surface area contributed by atoms with Gasteiger partial charge in [0.15, 0.2) is 0 Å². The highest BCUT2D eigenvalue weighted by atomic mass is 32.2. The Morgan fingerprint density at radius 2 is 1.68 bits per heavy atom. The van der Waals surface area contributed by atoms with E-state index in [4.69, 9.17) is 0 Å². The van der Waals surface area contributed by atoms with Gasteiger partial charge in [-0.2, -0.15) is 0 Å². The third-order valence-corrected chi connectivity index (χ3v) is 5.88. The molecular weight excluding hydrogens is 330 g/mol. The molecule has 0 saturated heterocycles. The maximum atomic E-state index is 12.4. The Labute approximate surface area is 150 Å². The number of allylic oxidation sites excluding steroid dienone is 2. The molecule has 130 valence electrons. The lowest BCUT2D eigenvalue weighted by Gasteiger charge is -2.22. The highest BCUT2D eigenvalue weighted by molar-refractivity contribution is 7.89. The summed E-state index contributed by atoms with van der Waals surface area (Å²) in [6.45, 7) is 1.94. The largest absolute Gasteiger partial charge is 0.241 e. The minimum Gasteiger partial charge on any atom is -0.207 e. The molecule has 0 aromatic heterocycles. The maximum Gasteiger partial charge on any atom is 0.241 e. The zero-order valence-corrected chi connectivity index (χ0v) is 15.1. The second kappa shape index (κ2) is 7.81. The van der Waals surface area contributed by atoms with Gasteiger partial charge in [0.05, 0.1) is 4.90 Å². The lowest BCUT2D eigenvalue weighted by Crippen LogP contribution is -2.35. The van der Waals surface area contributed by atoms with Crippen LogP contribution in [0.1, 0.15) is 24.0 Å². The third kappa shape index (κ3) is 4.91. The van der Waals surface area contributed by atoms with Crippen LogP contribution in [0.2, 0.25) is 0 Å². The van der Waals surface area contributed by atoms with Crippen LogP contribution in [0.5, 0.6) is 0 Å². The van der Waals surface area contributed by atoms with Gasteiger partial charge in [0, 0.05) is 6.04 Å². The molecule has 2 aromatic carbocycles. The first kappa shape index (κ1) is 17.6. The summed E-state index contributed by atoms with van der Waals surface area (Å²) in [7, 11) is -3.47. The highest BCUT2D eigenvalue weighted by Gasteiger charge is 2.21. The van der Waals surface area contributed by atoms with Crippen molar-refractivity contribution in [2.75, 3.05) is 0 Å². The molecule has 0 aliphatic heterocycles. The molecule has 25 heavy (non-hydrogen) atoms. The van der Waals surface area contributed by atoms with Gasteiger partial charge in [-0.05, 0) is 43.4 Å². The van der Waals surface area contributed by atoms with Gasteiger partial charge in [-0.15, -0.1) is 0 Å². The molecule has 2 aromatic rings. The molecule has 0 saturated carbocycles. The molecule has 4 heteroatoms. The molecule has 1 aliphatic rings. The molecular formula is C21H23NO2S. The molecule has 0 fully saturated rings. The molecule has 3 rings (SSSR count). The number of aryl methyl sites for hydroxylation is 1. The van der Waals surface area contributed by atoms with E-state index in [2.05, 4.69) is 35.1 Å². The zero-order chi connectivity index (χ0) is 17.7. The van der Waals surface area contributed by atoms with Crippen LogP contribution in [-0.2, 0) is 10.0 Å². The van der Waals surface area contributed by atoms with Gasteiger partial charge in [-0.1, -0.05) is 72.3 Å². The Kier molecular flexibility index (Phi) is 5.51. The third-order valence-electron chi connectivity index (χ3n) is 4.37. The molecule has 0 bridgehead atoms. The summed E-state index contributed by atoms with van der Waals surface area (Å²) < 4.78 is 27.7. The smallest absolute Gasteiger partial charge is 0.207 e. The van der Waals surface area contributed by atoms with Crippen molar-refractivity contribution in [3.05, 3.63) is 84.0 Å². The van der Waals surface area contributed by atoms with E-state index >= 15 is 0 Å². The Morgan fingerprint density at radius 1 is 0.960 bits per heavy atom. The van der Waals surface area contributed by atoms with Crippen molar-refractivity contribution in [2.24, 2.45) is 5.92 Å². The SMILES string of the molecule is Cc1ccc(S(=O)(=O)N[C@@H]2C=C[C@@H](/C=C\c3ccccc3)CC2)cc1. The van der Waals surface area contributed by atoms with E-state index in [1.807, 2.05) is 43.3 Å². The molecule has 3 nitrogen and oxygen atoms in total. The highest BCUT2D eigenvalue weighted by Crippen LogP contribution is 2.21. The van der Waals surface area contributed by atoms with E-state index in [1.54, 1.807) is 12.1 Å². The molecule has 0 unspecified atom stereocenters. The summed E-state index contributed by atoms with van der Waals surface area (Å²) in [5.74, 6) is 0.348. The normalized spacial score (nSPS) is 20.8. The van der Waals surface area contributed by atoms with E-state index in [0.717, 1.165) is 18.4 Å². The van der Waals surface area contributed by atoms with Crippen LogP contribution in [0.15, 0.2) is 77.7 Å². The molecule has 0 heterocycles. The number of hydrogen-bond donors (Lipinski definition) is 1. The van der Waals surface area contributed by atoms with E-state index in [-0.39, 0.29) is 6.04 Å². The topological polar surface area (TPSA) is 46.2 Å². The fraction of sp³-hybridized carbons (Fsp3) is 0.238. The lowest BCUT2D eigenvalue weighted by atomic mass is 9.92. The van der Waals surface area contributed by atoms with E-state index in [9.17, 15) is 8.42 Å². The zero-order valence-electron chi connectivity index (χ0n) is 14.3. The van der Waals surface area contributed by atoms with E-state index in [0.29, 0.717) is 10.8 Å². The van der Waals surface area contributed by atoms with Crippen LogP contribution in [0, 0.1) is 12.8 Å². The molecule has 1 N–H and O–H groups in total. The average Bonchev–Trinajstić information content (AvgIpc) is 2.62. The van der Waals surface area contributed by atoms with Crippen molar-refractivity contribution in [1.82, 2.24) is 4.72 Å². The van der Waals surface area contributed by atoms with Crippen molar-refractivity contribution >= 4 is 16.1 Å². The van der Waals surface area contributed by atoms with Crippen molar-refractivity contribution in [3.8, 4) is 0 Å². The predicted molar refractivity (Wildman–Crippen MR) is 103 cm³/mol. The van der Waals surface area contributed by atoms with Crippen molar-refractivity contribution in [1.29, 1.82) is 0 Å². The summed E-state index contributed by atoms with van der Waals surface area (Å²) in [5, 5.41) is 0. The van der Waals surface area contributed by atoms with Crippen LogP contribution in [-0.4, -0.2) is 14.5 Å². The van der Waals surface area contributed by atoms with Gasteiger partial charge >= 0.3 is 0 Å². The summed E-state index contributed by atoms with van der Waals surface area (Å²) in [4.78, 5) is 0.317. The first-order valence-corrected chi connectivity index (χ1v) is 10.0. The summed E-state index contributed by atoms with van der Waals surface area (Å²) >= 11 is 0. The first-order chi connectivity index (χ1) is 12.0. The average molecular weight is 353 g/mol. The fourth-order valence-electron chi connectivity index (χ4n) is 2.88. The quantitative estimate of drug-likeness (QED) is 0.814. The van der Waals surface area contributed by atoms with E-state index in [1.165, 1.54) is 5.56 Å². The summed E-state index contributed by atoms with van der Waals surface area (Å²) in [6, 6.07) is 17.0. The second-order valence-corrected chi connectivity index (χ2v) is 8.15. The Morgan fingerprint density at radius 3 is 2.32 bits per heavy atom. The number of sulfonamides is 1. The van der Waals surface area contributed by atoms with Gasteiger partial charge in [0.25, 0.3) is 0 Å². The molecule has 2 atom stereocenters. The number of rotatable bonds is 5. The van der Waals surface area contributed by atoms with E-state index < -0.39 is 10.0 Å². The van der Waals surface area contributed by atoms with Crippen LogP contribution in [0.25, 0.3) is 6.08 Å². The van der Waals surface area contributed by atoms with Gasteiger partial charge in [0.1, 0.15) is 0 Å². The fourth-order valence-corrected chi connectivity index (χ4v) is 4.11. The number of hydrogen-bond acceptors (Lipinski definition) is 2. The van der Waals surface area contributed by atoms with Gasteiger partial charge in [-0.3, -0.25) is 0 Å². The van der Waals surface area contributed by atoms with Crippen LogP contribution in [0.4, 0.5) is 0 Å². The molecule has 0 spiro atoms. The minimum atomic E-state index is -3.47. The van der Waals surface area contributed by atoms with Gasteiger partial charge in [-0.25, -0.2) is 13.1 Å². The van der Waals surface area contributed by atoms with Crippen molar-refractivity contribution < 1.29 is 8.42 Å². The Hall–Kier alpha value is -2.17. The molecule has 0 radical (unpaired) electrons. The predicted octanol–water partition coefficient (Wildman–Crippen LogP) is 4.32. The van der Waals surface area contributed by atoms with Crippen LogP contribution >= 0.6 is 0 Å². The minimum absolute atomic E-state index is 0.146. The Bertz CT molecular complexity index is 853. The maximum absolute atomic E-state index is 12.4. The number of nitrogens with one attached hydrogen (secondary N) is 1. The standard InChI is InChI=1S/C21H23NO2S/c1-17-7-15-21(16-8-17)25(23,24)22-20-13-11-19(12-14-20)10-9-18-5-3-2-4-6-18/h2-11,13,15-16,19-20,22H,12,14H2,1H3/b10-9-/t19-,20-/m1/s1. The first-order valence-electron chi connectivity index (χ1n) is 8.53. The molecule has 0 amide bonds. The monoisotopic (exact) mass is 353 g/mol. The molecule has 1 aliphatic carbocycles. The van der Waals surface area contributed by atoms with Crippen molar-refractivity contribution in [3.63, 3.8) is 0 Å². The van der Waals surface area contributed by atoms with Crippen LogP contribution in [0.3, 0.4) is 0 Å². The summed E-state index contributed by atoms with van der Waals surface area (Å²) in [5.41, 5.74) is 2.22. The van der Waals surface area contributed by atoms with Crippen LogP contribution < -0.4 is 4.72 Å². The summed E-state index contributed by atoms with van der Waals surface area (Å²) in [6.07, 6.45) is 10.1.